The molecular formula is C20H19FN2O2S. The summed E-state index contributed by atoms with van der Waals surface area (Å²) >= 11 is 1.44. The van der Waals surface area contributed by atoms with Gasteiger partial charge >= 0.3 is 0 Å². The Morgan fingerprint density at radius 3 is 2.77 bits per heavy atom. The molecule has 4 nitrogen and oxygen atoms in total. The van der Waals surface area contributed by atoms with Crippen molar-refractivity contribution in [2.24, 2.45) is 0 Å². The van der Waals surface area contributed by atoms with Gasteiger partial charge in [-0.3, -0.25) is 9.59 Å². The molecule has 1 saturated heterocycles. The molecule has 2 aromatic carbocycles. The number of nitrogens with one attached hydrogen (secondary N) is 1. The lowest BCUT2D eigenvalue weighted by Crippen LogP contribution is -2.37. The van der Waals surface area contributed by atoms with E-state index < -0.39 is 5.25 Å². The number of nitrogens with zero attached hydrogens (tertiary/aromatic N) is 1. The average Bonchev–Trinajstić information content (AvgIpc) is 3.13. The van der Waals surface area contributed by atoms with Crippen molar-refractivity contribution in [3.8, 4) is 0 Å². The first-order valence-corrected chi connectivity index (χ1v) is 9.61. The minimum atomic E-state index is -0.424. The number of halogens is 1. The molecule has 2 heterocycles. The Labute approximate surface area is 155 Å². The van der Waals surface area contributed by atoms with Crippen LogP contribution in [0.4, 0.5) is 10.1 Å². The van der Waals surface area contributed by atoms with E-state index in [2.05, 4.69) is 5.32 Å². The zero-order valence-corrected chi connectivity index (χ0v) is 15.0. The Kier molecular flexibility index (Phi) is 4.68. The summed E-state index contributed by atoms with van der Waals surface area (Å²) in [6.07, 6.45) is 1.95. The van der Waals surface area contributed by atoms with Gasteiger partial charge in [-0.05, 0) is 42.7 Å². The highest BCUT2D eigenvalue weighted by Gasteiger charge is 2.34. The lowest BCUT2D eigenvalue weighted by molar-refractivity contribution is -0.133. The van der Waals surface area contributed by atoms with Gasteiger partial charge in [0.2, 0.25) is 11.8 Å². The Hall–Kier alpha value is -2.34. The van der Waals surface area contributed by atoms with Crippen molar-refractivity contribution >= 4 is 29.3 Å². The molecule has 2 unspecified atom stereocenters. The molecule has 0 saturated carbocycles. The maximum Gasteiger partial charge on any atom is 0.238 e. The number of thioether (sulfide) groups is 1. The number of amides is 2. The molecule has 26 heavy (non-hydrogen) atoms. The predicted molar refractivity (Wildman–Crippen MR) is 99.4 cm³/mol. The van der Waals surface area contributed by atoms with E-state index in [0.29, 0.717) is 6.54 Å². The van der Waals surface area contributed by atoms with Crippen molar-refractivity contribution in [1.82, 2.24) is 4.90 Å². The number of benzene rings is 2. The van der Waals surface area contributed by atoms with Crippen LogP contribution in [0.2, 0.25) is 0 Å². The normalized spacial score (nSPS) is 22.0. The van der Waals surface area contributed by atoms with Crippen molar-refractivity contribution in [2.45, 2.75) is 35.4 Å². The summed E-state index contributed by atoms with van der Waals surface area (Å²) in [5.41, 5.74) is 1.75. The molecule has 134 valence electrons. The van der Waals surface area contributed by atoms with Crippen LogP contribution in [0.3, 0.4) is 0 Å². The first-order valence-electron chi connectivity index (χ1n) is 8.73. The number of carbonyl (C=O) groups is 2. The average molecular weight is 370 g/mol. The second kappa shape index (κ2) is 7.11. The molecule has 4 rings (SSSR count). The molecule has 0 radical (unpaired) electrons. The number of para-hydroxylation sites is 1. The van der Waals surface area contributed by atoms with Gasteiger partial charge in [-0.1, -0.05) is 24.3 Å². The molecule has 0 bridgehead atoms. The first-order chi connectivity index (χ1) is 12.6. The monoisotopic (exact) mass is 370 g/mol. The van der Waals surface area contributed by atoms with Crippen LogP contribution in [-0.4, -0.2) is 28.5 Å². The highest BCUT2D eigenvalue weighted by atomic mass is 32.2. The molecular weight excluding hydrogens is 351 g/mol. The minimum Gasteiger partial charge on any atom is -0.336 e. The number of likely N-dealkylation sites (tertiary alicyclic amines) is 1. The van der Waals surface area contributed by atoms with Crippen molar-refractivity contribution in [2.75, 3.05) is 11.9 Å². The number of anilines is 1. The molecule has 0 aliphatic carbocycles. The molecule has 6 heteroatoms. The van der Waals surface area contributed by atoms with E-state index in [0.717, 1.165) is 29.0 Å². The van der Waals surface area contributed by atoms with Crippen LogP contribution in [-0.2, 0) is 9.59 Å². The van der Waals surface area contributed by atoms with Gasteiger partial charge in [0.15, 0.2) is 0 Å². The lowest BCUT2D eigenvalue weighted by atomic mass is 10.0. The summed E-state index contributed by atoms with van der Waals surface area (Å²) in [5.74, 6) is -0.429. The summed E-state index contributed by atoms with van der Waals surface area (Å²) in [6.45, 7) is 0.677. The highest BCUT2D eigenvalue weighted by molar-refractivity contribution is 8.01. The first kappa shape index (κ1) is 17.1. The molecule has 1 N–H and O–H groups in total. The molecule has 1 fully saturated rings. The van der Waals surface area contributed by atoms with Crippen LogP contribution in [0.1, 0.15) is 30.9 Å². The van der Waals surface area contributed by atoms with Crippen LogP contribution in [0, 0.1) is 5.82 Å². The Morgan fingerprint density at radius 2 is 1.96 bits per heavy atom. The van der Waals surface area contributed by atoms with Gasteiger partial charge in [-0.15, -0.1) is 11.8 Å². The summed E-state index contributed by atoms with van der Waals surface area (Å²) in [4.78, 5) is 28.1. The van der Waals surface area contributed by atoms with E-state index >= 15 is 0 Å². The third kappa shape index (κ3) is 3.33. The molecule has 2 atom stereocenters. The van der Waals surface area contributed by atoms with E-state index in [1.54, 1.807) is 12.1 Å². The molecule has 0 aromatic heterocycles. The molecule has 2 aliphatic rings. The SMILES string of the molecule is O=C1Nc2ccccc2SC1CC(=O)N1CCCC1c1ccc(F)cc1. The van der Waals surface area contributed by atoms with E-state index in [9.17, 15) is 14.0 Å². The number of carbonyl (C=O) groups excluding carboxylic acids is 2. The second-order valence-electron chi connectivity index (χ2n) is 6.59. The van der Waals surface area contributed by atoms with Crippen LogP contribution in [0.25, 0.3) is 0 Å². The zero-order chi connectivity index (χ0) is 18.1. The maximum absolute atomic E-state index is 13.2. The number of fused-ring (bicyclic) bond motifs is 1. The molecule has 0 spiro atoms. The van der Waals surface area contributed by atoms with Crippen LogP contribution >= 0.6 is 11.8 Å². The van der Waals surface area contributed by atoms with Crippen molar-refractivity contribution in [1.29, 1.82) is 0 Å². The van der Waals surface area contributed by atoms with Crippen molar-refractivity contribution in [3.63, 3.8) is 0 Å². The fourth-order valence-corrected chi connectivity index (χ4v) is 4.70. The smallest absolute Gasteiger partial charge is 0.238 e. The summed E-state index contributed by atoms with van der Waals surface area (Å²) in [5, 5.41) is 2.46. The van der Waals surface area contributed by atoms with Gasteiger partial charge in [0.1, 0.15) is 5.82 Å². The number of hydrogen-bond acceptors (Lipinski definition) is 3. The predicted octanol–water partition coefficient (Wildman–Crippen LogP) is 3.99. The third-order valence-corrected chi connectivity index (χ3v) is 6.17. The molecule has 2 aliphatic heterocycles. The molecule has 2 amide bonds. The topological polar surface area (TPSA) is 49.4 Å². The van der Waals surface area contributed by atoms with Crippen LogP contribution in [0.15, 0.2) is 53.4 Å². The fraction of sp³-hybridized carbons (Fsp3) is 0.300. The Balaban J connectivity index is 1.47. The van der Waals surface area contributed by atoms with E-state index in [4.69, 9.17) is 0 Å². The van der Waals surface area contributed by atoms with Crippen molar-refractivity contribution < 1.29 is 14.0 Å². The van der Waals surface area contributed by atoms with Crippen LogP contribution < -0.4 is 5.32 Å². The standard InChI is InChI=1S/C20H19FN2O2S/c21-14-9-7-13(8-10-14)16-5-3-11-23(16)19(24)12-18-20(25)22-15-4-1-2-6-17(15)26-18/h1-2,4,6-10,16,18H,3,5,11-12H2,(H,22,25). The lowest BCUT2D eigenvalue weighted by Gasteiger charge is -2.28. The highest BCUT2D eigenvalue weighted by Crippen LogP contribution is 2.38. The summed E-state index contributed by atoms with van der Waals surface area (Å²) < 4.78 is 13.2. The van der Waals surface area contributed by atoms with Gasteiger partial charge in [0.05, 0.1) is 17.0 Å². The van der Waals surface area contributed by atoms with E-state index in [1.165, 1.54) is 23.9 Å². The number of hydrogen-bond donors (Lipinski definition) is 1. The fourth-order valence-electron chi connectivity index (χ4n) is 3.60. The summed E-state index contributed by atoms with van der Waals surface area (Å²) in [6, 6.07) is 13.9. The van der Waals surface area contributed by atoms with Gasteiger partial charge in [-0.2, -0.15) is 0 Å². The zero-order valence-electron chi connectivity index (χ0n) is 14.2. The van der Waals surface area contributed by atoms with E-state index in [-0.39, 0.29) is 30.1 Å². The van der Waals surface area contributed by atoms with Crippen molar-refractivity contribution in [3.05, 3.63) is 59.9 Å². The van der Waals surface area contributed by atoms with E-state index in [1.807, 2.05) is 29.2 Å². The minimum absolute atomic E-state index is 0.0242. The quantitative estimate of drug-likeness (QED) is 0.889. The molecule has 2 aromatic rings. The van der Waals surface area contributed by atoms with Crippen LogP contribution in [0.5, 0.6) is 0 Å². The third-order valence-electron chi connectivity index (χ3n) is 4.89. The van der Waals surface area contributed by atoms with Gasteiger partial charge in [-0.25, -0.2) is 4.39 Å². The maximum atomic E-state index is 13.2. The Morgan fingerprint density at radius 1 is 1.19 bits per heavy atom. The second-order valence-corrected chi connectivity index (χ2v) is 7.84. The van der Waals surface area contributed by atoms with Gasteiger partial charge in [0.25, 0.3) is 0 Å². The Bertz CT molecular complexity index is 840. The largest absolute Gasteiger partial charge is 0.336 e. The van der Waals surface area contributed by atoms with Gasteiger partial charge < -0.3 is 10.2 Å². The summed E-state index contributed by atoms with van der Waals surface area (Å²) in [7, 11) is 0. The number of rotatable bonds is 3. The van der Waals surface area contributed by atoms with Gasteiger partial charge in [0, 0.05) is 17.9 Å².